The molecule has 0 aliphatic carbocycles. The fourth-order valence-corrected chi connectivity index (χ4v) is 2.25. The van der Waals surface area contributed by atoms with E-state index in [1.54, 1.807) is 6.92 Å². The highest BCUT2D eigenvalue weighted by molar-refractivity contribution is 6.31. The van der Waals surface area contributed by atoms with Gasteiger partial charge in [-0.15, -0.1) is 0 Å². The minimum Gasteiger partial charge on any atom is -0.481 e. The SMILES string of the molecule is CCn1c(C(C)C(=O)O)cc2ccc(Cl)cc21. The number of nitrogens with zero attached hydrogens (tertiary/aromatic N) is 1. The zero-order valence-electron chi connectivity index (χ0n) is 9.77. The molecule has 0 aliphatic rings. The van der Waals surface area contributed by atoms with Gasteiger partial charge in [-0.1, -0.05) is 17.7 Å². The Morgan fingerprint density at radius 3 is 2.76 bits per heavy atom. The highest BCUT2D eigenvalue weighted by Crippen LogP contribution is 2.27. The molecule has 0 spiro atoms. The Morgan fingerprint density at radius 1 is 1.47 bits per heavy atom. The first-order valence-corrected chi connectivity index (χ1v) is 5.94. The summed E-state index contributed by atoms with van der Waals surface area (Å²) in [5.74, 6) is -1.32. The van der Waals surface area contributed by atoms with Gasteiger partial charge in [-0.2, -0.15) is 0 Å². The van der Waals surface area contributed by atoms with Gasteiger partial charge in [-0.25, -0.2) is 0 Å². The van der Waals surface area contributed by atoms with Gasteiger partial charge in [0.1, 0.15) is 0 Å². The molecule has 0 saturated carbocycles. The number of carboxylic acid groups (broad SMARTS) is 1. The third-order valence-corrected chi connectivity index (χ3v) is 3.26. The number of aryl methyl sites for hydroxylation is 1. The Bertz CT molecular complexity index is 574. The Morgan fingerprint density at radius 2 is 2.18 bits per heavy atom. The van der Waals surface area contributed by atoms with Crippen LogP contribution in [0.5, 0.6) is 0 Å². The normalized spacial score (nSPS) is 12.9. The predicted octanol–water partition coefficient (Wildman–Crippen LogP) is 3.50. The number of aromatic nitrogens is 1. The summed E-state index contributed by atoms with van der Waals surface area (Å²) >= 11 is 5.97. The number of halogens is 1. The monoisotopic (exact) mass is 251 g/mol. The number of fused-ring (bicyclic) bond motifs is 1. The van der Waals surface area contributed by atoms with Crippen molar-refractivity contribution in [2.24, 2.45) is 0 Å². The van der Waals surface area contributed by atoms with E-state index < -0.39 is 11.9 Å². The van der Waals surface area contributed by atoms with Gasteiger partial charge < -0.3 is 9.67 Å². The number of carboxylic acids is 1. The molecule has 2 rings (SSSR count). The second kappa shape index (κ2) is 4.41. The average molecular weight is 252 g/mol. The van der Waals surface area contributed by atoms with E-state index in [4.69, 9.17) is 16.7 Å². The molecule has 4 heteroatoms. The molecular formula is C13H14ClNO2. The smallest absolute Gasteiger partial charge is 0.312 e. The third kappa shape index (κ3) is 2.03. The summed E-state index contributed by atoms with van der Waals surface area (Å²) in [6.45, 7) is 4.43. The summed E-state index contributed by atoms with van der Waals surface area (Å²) in [7, 11) is 0. The van der Waals surface area contributed by atoms with E-state index in [-0.39, 0.29) is 0 Å². The van der Waals surface area contributed by atoms with E-state index >= 15 is 0 Å². The third-order valence-electron chi connectivity index (χ3n) is 3.03. The molecule has 0 aliphatic heterocycles. The van der Waals surface area contributed by atoms with Crippen molar-refractivity contribution < 1.29 is 9.90 Å². The van der Waals surface area contributed by atoms with Crippen LogP contribution in [0.3, 0.4) is 0 Å². The lowest BCUT2D eigenvalue weighted by Gasteiger charge is -2.11. The Labute approximate surface area is 105 Å². The number of aliphatic carboxylic acids is 1. The highest BCUT2D eigenvalue weighted by atomic mass is 35.5. The first kappa shape index (κ1) is 12.0. The van der Waals surface area contributed by atoms with Gasteiger partial charge in [-0.3, -0.25) is 4.79 Å². The molecule has 1 aromatic carbocycles. The van der Waals surface area contributed by atoms with Crippen molar-refractivity contribution >= 4 is 28.5 Å². The number of hydrogen-bond donors (Lipinski definition) is 1. The first-order chi connectivity index (χ1) is 8.04. The Hall–Kier alpha value is -1.48. The van der Waals surface area contributed by atoms with Gasteiger partial charge in [0.25, 0.3) is 0 Å². The van der Waals surface area contributed by atoms with E-state index in [2.05, 4.69) is 0 Å². The maximum atomic E-state index is 11.1. The molecule has 1 unspecified atom stereocenters. The van der Waals surface area contributed by atoms with E-state index in [9.17, 15) is 4.79 Å². The summed E-state index contributed by atoms with van der Waals surface area (Å²) in [4.78, 5) is 11.1. The van der Waals surface area contributed by atoms with Crippen LogP contribution >= 0.6 is 11.6 Å². The Balaban J connectivity index is 2.68. The molecule has 1 aromatic heterocycles. The summed E-state index contributed by atoms with van der Waals surface area (Å²) in [5.41, 5.74) is 1.81. The van der Waals surface area contributed by atoms with Crippen LogP contribution in [-0.4, -0.2) is 15.6 Å². The van der Waals surface area contributed by atoms with Crippen molar-refractivity contribution in [1.82, 2.24) is 4.57 Å². The molecule has 3 nitrogen and oxygen atoms in total. The zero-order chi connectivity index (χ0) is 12.6. The molecule has 0 fully saturated rings. The van der Waals surface area contributed by atoms with Crippen LogP contribution in [0.25, 0.3) is 10.9 Å². The maximum absolute atomic E-state index is 11.1. The molecule has 90 valence electrons. The van der Waals surface area contributed by atoms with Crippen molar-refractivity contribution in [2.75, 3.05) is 0 Å². The predicted molar refractivity (Wildman–Crippen MR) is 68.7 cm³/mol. The molecule has 0 amide bonds. The average Bonchev–Trinajstić information content (AvgIpc) is 2.65. The molecule has 2 aromatic rings. The fraction of sp³-hybridized carbons (Fsp3) is 0.308. The lowest BCUT2D eigenvalue weighted by molar-refractivity contribution is -0.138. The van der Waals surface area contributed by atoms with Crippen molar-refractivity contribution in [3.05, 3.63) is 35.0 Å². The van der Waals surface area contributed by atoms with Crippen LogP contribution in [0.15, 0.2) is 24.3 Å². The van der Waals surface area contributed by atoms with Crippen molar-refractivity contribution in [2.45, 2.75) is 26.3 Å². The molecule has 1 heterocycles. The highest BCUT2D eigenvalue weighted by Gasteiger charge is 2.19. The zero-order valence-corrected chi connectivity index (χ0v) is 10.5. The van der Waals surface area contributed by atoms with Gasteiger partial charge in [-0.05, 0) is 37.4 Å². The van der Waals surface area contributed by atoms with E-state index in [0.29, 0.717) is 5.02 Å². The number of hydrogen-bond acceptors (Lipinski definition) is 1. The molecule has 0 saturated heterocycles. The largest absolute Gasteiger partial charge is 0.481 e. The van der Waals surface area contributed by atoms with Gasteiger partial charge in [0.15, 0.2) is 0 Å². The summed E-state index contributed by atoms with van der Waals surface area (Å²) in [6.07, 6.45) is 0. The number of benzene rings is 1. The van der Waals surface area contributed by atoms with Crippen LogP contribution in [0.4, 0.5) is 0 Å². The maximum Gasteiger partial charge on any atom is 0.312 e. The number of rotatable bonds is 3. The summed E-state index contributed by atoms with van der Waals surface area (Å²) in [5, 5.41) is 10.8. The molecule has 0 radical (unpaired) electrons. The van der Waals surface area contributed by atoms with Crippen LogP contribution in [0.1, 0.15) is 25.5 Å². The fourth-order valence-electron chi connectivity index (χ4n) is 2.09. The van der Waals surface area contributed by atoms with Crippen molar-refractivity contribution in [3.63, 3.8) is 0 Å². The van der Waals surface area contributed by atoms with Gasteiger partial charge in [0.2, 0.25) is 0 Å². The lowest BCUT2D eigenvalue weighted by atomic mass is 10.1. The topological polar surface area (TPSA) is 42.2 Å². The first-order valence-electron chi connectivity index (χ1n) is 5.56. The van der Waals surface area contributed by atoms with Crippen LogP contribution < -0.4 is 0 Å². The molecule has 17 heavy (non-hydrogen) atoms. The quantitative estimate of drug-likeness (QED) is 0.907. The Kier molecular flexibility index (Phi) is 3.11. The second-order valence-corrected chi connectivity index (χ2v) is 4.51. The van der Waals surface area contributed by atoms with E-state index in [1.807, 2.05) is 35.8 Å². The van der Waals surface area contributed by atoms with Crippen molar-refractivity contribution in [3.8, 4) is 0 Å². The summed E-state index contributed by atoms with van der Waals surface area (Å²) in [6, 6.07) is 7.54. The second-order valence-electron chi connectivity index (χ2n) is 4.08. The van der Waals surface area contributed by atoms with Gasteiger partial charge in [0, 0.05) is 22.8 Å². The number of carbonyl (C=O) groups is 1. The van der Waals surface area contributed by atoms with Crippen LogP contribution in [-0.2, 0) is 11.3 Å². The van der Waals surface area contributed by atoms with E-state index in [1.165, 1.54) is 0 Å². The standard InChI is InChI=1S/C13H14ClNO2/c1-3-15-11(8(2)13(16)17)6-9-4-5-10(14)7-12(9)15/h4-8H,3H2,1-2H3,(H,16,17). The lowest BCUT2D eigenvalue weighted by Crippen LogP contribution is -2.12. The minimum absolute atomic E-state index is 0.513. The molecule has 1 atom stereocenters. The minimum atomic E-state index is -0.811. The van der Waals surface area contributed by atoms with E-state index in [0.717, 1.165) is 23.1 Å². The van der Waals surface area contributed by atoms with Gasteiger partial charge >= 0.3 is 5.97 Å². The van der Waals surface area contributed by atoms with Crippen LogP contribution in [0, 0.1) is 0 Å². The summed E-state index contributed by atoms with van der Waals surface area (Å²) < 4.78 is 2.00. The van der Waals surface area contributed by atoms with Crippen molar-refractivity contribution in [1.29, 1.82) is 0 Å². The molecule has 1 N–H and O–H groups in total. The molecule has 0 bridgehead atoms. The molecular weight excluding hydrogens is 238 g/mol. The van der Waals surface area contributed by atoms with Crippen LogP contribution in [0.2, 0.25) is 5.02 Å². The van der Waals surface area contributed by atoms with Gasteiger partial charge in [0.05, 0.1) is 5.92 Å².